The van der Waals surface area contributed by atoms with E-state index in [0.717, 1.165) is 0 Å². The third kappa shape index (κ3) is 5.36. The maximum absolute atomic E-state index is 13.4. The minimum Gasteiger partial charge on any atom is -0.459 e. The number of carbonyl (C=O) groups is 2. The van der Waals surface area contributed by atoms with E-state index in [2.05, 4.69) is 21.7 Å². The molecule has 10 heteroatoms. The summed E-state index contributed by atoms with van der Waals surface area (Å²) in [5.74, 6) is -0.235. The molecule has 4 aromatic rings. The minimum atomic E-state index is -0.449. The molecule has 5 rings (SSSR count). The molecule has 9 nitrogen and oxygen atoms in total. The molecule has 2 aromatic heterocycles. The number of hydrogen-bond donors (Lipinski definition) is 2. The molecule has 0 radical (unpaired) electrons. The number of halogens is 1. The van der Waals surface area contributed by atoms with Crippen LogP contribution in [-0.2, 0) is 4.79 Å². The number of hydrogen-bond acceptors (Lipinski definition) is 7. The molecule has 37 heavy (non-hydrogen) atoms. The van der Waals surface area contributed by atoms with Crippen molar-refractivity contribution in [3.63, 3.8) is 0 Å². The Hall–Kier alpha value is -4.91. The van der Waals surface area contributed by atoms with E-state index in [0.29, 0.717) is 54.5 Å². The van der Waals surface area contributed by atoms with Crippen molar-refractivity contribution in [2.75, 3.05) is 28.6 Å². The standard InChI is InChI=1S/C27H22FN5O4/c28-19-5-2-7-21(15-19)31-25(35)18-4-1-6-20(14-18)30-24(34)17-9-11-33(12-10-17)27-22(16-29)32-26(37-27)23-8-3-13-36-23/h1-8,13-15,17H,9-12H2,(H,30,34)(H,31,35). The molecule has 1 aliphatic heterocycles. The topological polar surface area (TPSA) is 124 Å². The van der Waals surface area contributed by atoms with Gasteiger partial charge in [-0.05, 0) is 61.4 Å². The molecule has 0 bridgehead atoms. The molecule has 186 valence electrons. The van der Waals surface area contributed by atoms with Crippen LogP contribution in [-0.4, -0.2) is 29.9 Å². The number of amides is 2. The zero-order valence-corrected chi connectivity index (χ0v) is 19.6. The number of oxazole rings is 1. The Morgan fingerprint density at radius 2 is 1.78 bits per heavy atom. The highest BCUT2D eigenvalue weighted by molar-refractivity contribution is 6.05. The second kappa shape index (κ2) is 10.4. The molecule has 1 saturated heterocycles. The summed E-state index contributed by atoms with van der Waals surface area (Å²) in [6.07, 6.45) is 2.60. The predicted molar refractivity (Wildman–Crippen MR) is 133 cm³/mol. The van der Waals surface area contributed by atoms with Gasteiger partial charge < -0.3 is 24.4 Å². The van der Waals surface area contributed by atoms with E-state index in [1.165, 1.54) is 24.5 Å². The molecular weight excluding hydrogens is 477 g/mol. The first-order chi connectivity index (χ1) is 18.0. The van der Waals surface area contributed by atoms with E-state index in [1.807, 2.05) is 4.90 Å². The Labute approximate surface area is 211 Å². The van der Waals surface area contributed by atoms with Crippen molar-refractivity contribution in [1.82, 2.24) is 4.98 Å². The average molecular weight is 500 g/mol. The van der Waals surface area contributed by atoms with Gasteiger partial charge in [0.05, 0.1) is 6.26 Å². The van der Waals surface area contributed by atoms with Crippen molar-refractivity contribution in [1.29, 1.82) is 5.26 Å². The molecule has 1 fully saturated rings. The van der Waals surface area contributed by atoms with Crippen LogP contribution in [0.4, 0.5) is 21.6 Å². The SMILES string of the molecule is N#Cc1nc(-c2ccco2)oc1N1CCC(C(=O)Nc2cccc(C(=O)Nc3cccc(F)c3)c2)CC1. The van der Waals surface area contributed by atoms with Crippen molar-refractivity contribution in [3.8, 4) is 17.7 Å². The number of piperidine rings is 1. The van der Waals surface area contributed by atoms with Crippen LogP contribution in [0, 0.1) is 23.1 Å². The Morgan fingerprint density at radius 1 is 1.03 bits per heavy atom. The number of nitrogens with zero attached hydrogens (tertiary/aromatic N) is 3. The summed E-state index contributed by atoms with van der Waals surface area (Å²) in [4.78, 5) is 31.6. The first-order valence-corrected chi connectivity index (χ1v) is 11.7. The number of rotatable bonds is 6. The van der Waals surface area contributed by atoms with Crippen molar-refractivity contribution >= 4 is 29.1 Å². The fourth-order valence-corrected chi connectivity index (χ4v) is 4.20. The number of aromatic nitrogens is 1. The highest BCUT2D eigenvalue weighted by atomic mass is 19.1. The Kier molecular flexibility index (Phi) is 6.68. The van der Waals surface area contributed by atoms with E-state index in [1.54, 1.807) is 42.5 Å². The first kappa shape index (κ1) is 23.8. The number of nitriles is 1. The van der Waals surface area contributed by atoms with Crippen molar-refractivity contribution in [2.45, 2.75) is 12.8 Å². The van der Waals surface area contributed by atoms with Gasteiger partial charge >= 0.3 is 0 Å². The molecular formula is C27H22FN5O4. The lowest BCUT2D eigenvalue weighted by molar-refractivity contribution is -0.120. The Bertz CT molecular complexity index is 1470. The monoisotopic (exact) mass is 499 g/mol. The maximum atomic E-state index is 13.4. The van der Waals surface area contributed by atoms with Crippen LogP contribution in [0.3, 0.4) is 0 Å². The summed E-state index contributed by atoms with van der Waals surface area (Å²) < 4.78 is 24.5. The molecule has 0 atom stereocenters. The highest BCUT2D eigenvalue weighted by Crippen LogP contribution is 2.31. The highest BCUT2D eigenvalue weighted by Gasteiger charge is 2.29. The van der Waals surface area contributed by atoms with Crippen LogP contribution >= 0.6 is 0 Å². The fraction of sp³-hybridized carbons (Fsp3) is 0.185. The van der Waals surface area contributed by atoms with Crippen molar-refractivity contribution < 1.29 is 22.8 Å². The van der Waals surface area contributed by atoms with E-state index < -0.39 is 11.7 Å². The quantitative estimate of drug-likeness (QED) is 0.380. The van der Waals surface area contributed by atoms with Crippen LogP contribution in [0.2, 0.25) is 0 Å². The van der Waals surface area contributed by atoms with E-state index in [9.17, 15) is 19.2 Å². The summed E-state index contributed by atoms with van der Waals surface area (Å²) >= 11 is 0. The summed E-state index contributed by atoms with van der Waals surface area (Å²) in [6, 6.07) is 17.7. The lowest BCUT2D eigenvalue weighted by atomic mass is 9.95. The number of benzene rings is 2. The number of nitrogens with one attached hydrogen (secondary N) is 2. The molecule has 0 aliphatic carbocycles. The summed E-state index contributed by atoms with van der Waals surface area (Å²) in [7, 11) is 0. The summed E-state index contributed by atoms with van der Waals surface area (Å²) in [6.45, 7) is 1.02. The average Bonchev–Trinajstić information content (AvgIpc) is 3.59. The van der Waals surface area contributed by atoms with Gasteiger partial charge in [0.1, 0.15) is 11.9 Å². The van der Waals surface area contributed by atoms with Crippen molar-refractivity contribution in [2.24, 2.45) is 5.92 Å². The van der Waals surface area contributed by atoms with Gasteiger partial charge in [0.15, 0.2) is 5.76 Å². The van der Waals surface area contributed by atoms with E-state index >= 15 is 0 Å². The number of carbonyl (C=O) groups excluding carboxylic acids is 2. The molecule has 1 aliphatic rings. The van der Waals surface area contributed by atoms with Crippen LogP contribution in [0.15, 0.2) is 75.8 Å². The zero-order valence-electron chi connectivity index (χ0n) is 19.6. The van der Waals surface area contributed by atoms with Gasteiger partial charge in [-0.2, -0.15) is 10.2 Å². The van der Waals surface area contributed by atoms with E-state index in [4.69, 9.17) is 8.83 Å². The minimum absolute atomic E-state index is 0.156. The molecule has 3 heterocycles. The zero-order chi connectivity index (χ0) is 25.8. The van der Waals surface area contributed by atoms with Gasteiger partial charge in [-0.1, -0.05) is 12.1 Å². The van der Waals surface area contributed by atoms with Gasteiger partial charge in [0, 0.05) is 35.9 Å². The lowest BCUT2D eigenvalue weighted by Crippen LogP contribution is -2.38. The summed E-state index contributed by atoms with van der Waals surface area (Å²) in [5.41, 5.74) is 1.33. The smallest absolute Gasteiger partial charge is 0.266 e. The molecule has 0 unspecified atom stereocenters. The third-order valence-corrected chi connectivity index (χ3v) is 6.07. The number of anilines is 3. The molecule has 0 saturated carbocycles. The Balaban J connectivity index is 1.19. The fourth-order valence-electron chi connectivity index (χ4n) is 4.20. The molecule has 2 aromatic carbocycles. The van der Waals surface area contributed by atoms with Gasteiger partial charge in [0.25, 0.3) is 11.8 Å². The van der Waals surface area contributed by atoms with Crippen molar-refractivity contribution in [3.05, 3.63) is 84.0 Å². The first-order valence-electron chi connectivity index (χ1n) is 11.7. The van der Waals surface area contributed by atoms with Crippen LogP contribution in [0.25, 0.3) is 11.7 Å². The molecule has 2 amide bonds. The molecule has 2 N–H and O–H groups in total. The predicted octanol–water partition coefficient (Wildman–Crippen LogP) is 5.05. The second-order valence-electron chi connectivity index (χ2n) is 8.56. The van der Waals surface area contributed by atoms with Crippen LogP contribution < -0.4 is 15.5 Å². The van der Waals surface area contributed by atoms with Gasteiger partial charge in [-0.25, -0.2) is 4.39 Å². The lowest BCUT2D eigenvalue weighted by Gasteiger charge is -2.31. The van der Waals surface area contributed by atoms with Gasteiger partial charge in [0.2, 0.25) is 17.5 Å². The third-order valence-electron chi connectivity index (χ3n) is 6.07. The van der Waals surface area contributed by atoms with E-state index in [-0.39, 0.29) is 23.4 Å². The van der Waals surface area contributed by atoms with Crippen LogP contribution in [0.1, 0.15) is 28.9 Å². The second-order valence-corrected chi connectivity index (χ2v) is 8.56. The number of furan rings is 1. The van der Waals surface area contributed by atoms with Gasteiger partial charge in [-0.15, -0.1) is 0 Å². The maximum Gasteiger partial charge on any atom is 0.266 e. The Morgan fingerprint density at radius 3 is 2.49 bits per heavy atom. The van der Waals surface area contributed by atoms with Crippen LogP contribution in [0.5, 0.6) is 0 Å². The molecule has 0 spiro atoms. The van der Waals surface area contributed by atoms with Gasteiger partial charge in [-0.3, -0.25) is 9.59 Å². The largest absolute Gasteiger partial charge is 0.459 e. The normalized spacial score (nSPS) is 13.7. The summed E-state index contributed by atoms with van der Waals surface area (Å²) in [5, 5.41) is 15.0.